The maximum absolute atomic E-state index is 12.1. The first kappa shape index (κ1) is 14.1. The third kappa shape index (κ3) is 3.35. The molecule has 2 aromatic rings. The molecule has 100 valence electrons. The van der Waals surface area contributed by atoms with Crippen molar-refractivity contribution in [2.75, 3.05) is 7.05 Å². The van der Waals surface area contributed by atoms with Crippen LogP contribution in [0.15, 0.2) is 41.8 Å². The fourth-order valence-corrected chi connectivity index (χ4v) is 2.75. The third-order valence-corrected chi connectivity index (χ3v) is 3.99. The smallest absolute Gasteiger partial charge is 0.256 e. The van der Waals surface area contributed by atoms with Gasteiger partial charge in [-0.25, -0.2) is 0 Å². The molecular formula is C14H14ClNO2S. The summed E-state index contributed by atoms with van der Waals surface area (Å²) in [5.74, 6) is -0.360. The first-order chi connectivity index (χ1) is 9.09. The van der Waals surface area contributed by atoms with Gasteiger partial charge in [0.1, 0.15) is 0 Å². The number of halogens is 1. The van der Waals surface area contributed by atoms with Crippen molar-refractivity contribution < 1.29 is 9.90 Å². The predicted molar refractivity (Wildman–Crippen MR) is 77.2 cm³/mol. The Hall–Kier alpha value is -1.36. The SMILES string of the molecule is CN(Cc1cccs1)C(=O)[C@H](O)c1ccccc1Cl. The molecule has 2 rings (SSSR count). The molecule has 1 aromatic heterocycles. The molecule has 3 nitrogen and oxygen atoms in total. The molecule has 0 saturated heterocycles. The number of rotatable bonds is 4. The number of aliphatic hydroxyl groups is 1. The second-order valence-electron chi connectivity index (χ2n) is 4.20. The number of amides is 1. The molecular weight excluding hydrogens is 282 g/mol. The van der Waals surface area contributed by atoms with Gasteiger partial charge in [0.2, 0.25) is 0 Å². The molecule has 0 fully saturated rings. The van der Waals surface area contributed by atoms with Crippen LogP contribution in [0, 0.1) is 0 Å². The zero-order valence-electron chi connectivity index (χ0n) is 10.4. The lowest BCUT2D eigenvalue weighted by molar-refractivity contribution is -0.139. The highest BCUT2D eigenvalue weighted by molar-refractivity contribution is 7.09. The first-order valence-corrected chi connectivity index (χ1v) is 7.05. The van der Waals surface area contributed by atoms with Gasteiger partial charge in [-0.05, 0) is 17.5 Å². The van der Waals surface area contributed by atoms with Crippen LogP contribution in [0.2, 0.25) is 5.02 Å². The van der Waals surface area contributed by atoms with E-state index in [9.17, 15) is 9.90 Å². The van der Waals surface area contributed by atoms with Crippen LogP contribution >= 0.6 is 22.9 Å². The zero-order chi connectivity index (χ0) is 13.8. The molecule has 0 aliphatic heterocycles. The van der Waals surface area contributed by atoms with Crippen molar-refractivity contribution in [3.05, 3.63) is 57.2 Å². The highest BCUT2D eigenvalue weighted by Gasteiger charge is 2.23. The lowest BCUT2D eigenvalue weighted by atomic mass is 10.1. The van der Waals surface area contributed by atoms with E-state index in [-0.39, 0.29) is 5.91 Å². The van der Waals surface area contributed by atoms with Crippen LogP contribution in [-0.2, 0) is 11.3 Å². The molecule has 1 N–H and O–H groups in total. The van der Waals surface area contributed by atoms with Crippen LogP contribution in [-0.4, -0.2) is 23.0 Å². The van der Waals surface area contributed by atoms with E-state index in [0.717, 1.165) is 4.88 Å². The van der Waals surface area contributed by atoms with E-state index in [4.69, 9.17) is 11.6 Å². The molecule has 0 aliphatic carbocycles. The lowest BCUT2D eigenvalue weighted by Gasteiger charge is -2.20. The maximum Gasteiger partial charge on any atom is 0.256 e. The van der Waals surface area contributed by atoms with Crippen molar-refractivity contribution in [2.24, 2.45) is 0 Å². The Morgan fingerprint density at radius 2 is 2.11 bits per heavy atom. The monoisotopic (exact) mass is 295 g/mol. The van der Waals surface area contributed by atoms with Crippen molar-refractivity contribution in [2.45, 2.75) is 12.6 Å². The Balaban J connectivity index is 2.09. The van der Waals surface area contributed by atoms with Crippen molar-refractivity contribution >= 4 is 28.8 Å². The average molecular weight is 296 g/mol. The van der Waals surface area contributed by atoms with Gasteiger partial charge in [-0.1, -0.05) is 35.9 Å². The van der Waals surface area contributed by atoms with Gasteiger partial charge in [-0.2, -0.15) is 0 Å². The minimum Gasteiger partial charge on any atom is -0.378 e. The second-order valence-corrected chi connectivity index (χ2v) is 5.64. The summed E-state index contributed by atoms with van der Waals surface area (Å²) < 4.78 is 0. The van der Waals surface area contributed by atoms with E-state index in [1.807, 2.05) is 17.5 Å². The Kier molecular flexibility index (Phi) is 4.58. The summed E-state index contributed by atoms with van der Waals surface area (Å²) in [5.41, 5.74) is 0.437. The van der Waals surface area contributed by atoms with Crippen LogP contribution in [0.5, 0.6) is 0 Å². The fraction of sp³-hybridized carbons (Fsp3) is 0.214. The number of hydrogen-bond donors (Lipinski definition) is 1. The summed E-state index contributed by atoms with van der Waals surface area (Å²) in [6.45, 7) is 0.484. The van der Waals surface area contributed by atoms with Gasteiger partial charge in [0.05, 0.1) is 6.54 Å². The van der Waals surface area contributed by atoms with Crippen LogP contribution < -0.4 is 0 Å². The largest absolute Gasteiger partial charge is 0.378 e. The summed E-state index contributed by atoms with van der Waals surface area (Å²) in [4.78, 5) is 14.7. The summed E-state index contributed by atoms with van der Waals surface area (Å²) in [6, 6.07) is 10.7. The number of aliphatic hydroxyl groups excluding tert-OH is 1. The molecule has 0 saturated carbocycles. The molecule has 1 heterocycles. The minimum absolute atomic E-state index is 0.360. The van der Waals surface area contributed by atoms with E-state index in [1.165, 1.54) is 4.90 Å². The van der Waals surface area contributed by atoms with Crippen LogP contribution in [0.4, 0.5) is 0 Å². The Morgan fingerprint density at radius 1 is 1.37 bits per heavy atom. The number of carbonyl (C=O) groups excluding carboxylic acids is 1. The summed E-state index contributed by atoms with van der Waals surface area (Å²) in [7, 11) is 1.67. The van der Waals surface area contributed by atoms with Gasteiger partial charge >= 0.3 is 0 Å². The molecule has 0 aliphatic rings. The van der Waals surface area contributed by atoms with Crippen LogP contribution in [0.1, 0.15) is 16.5 Å². The van der Waals surface area contributed by atoms with Gasteiger partial charge < -0.3 is 10.0 Å². The Labute approximate surface area is 121 Å². The van der Waals surface area contributed by atoms with E-state index in [1.54, 1.807) is 42.6 Å². The van der Waals surface area contributed by atoms with Gasteiger partial charge in [0, 0.05) is 22.5 Å². The highest BCUT2D eigenvalue weighted by Crippen LogP contribution is 2.24. The van der Waals surface area contributed by atoms with Crippen molar-refractivity contribution in [3.63, 3.8) is 0 Å². The van der Waals surface area contributed by atoms with Gasteiger partial charge in [0.15, 0.2) is 6.10 Å². The normalized spacial score (nSPS) is 12.2. The van der Waals surface area contributed by atoms with Gasteiger partial charge in [-0.15, -0.1) is 11.3 Å². The van der Waals surface area contributed by atoms with Crippen molar-refractivity contribution in [1.82, 2.24) is 4.90 Å². The van der Waals surface area contributed by atoms with Crippen LogP contribution in [0.3, 0.4) is 0 Å². The standard InChI is InChI=1S/C14H14ClNO2S/c1-16(9-10-5-4-8-19-10)14(18)13(17)11-6-2-3-7-12(11)15/h2-8,13,17H,9H2,1H3/t13-/m1/s1. The summed E-state index contributed by atoms with van der Waals surface area (Å²) in [6.07, 6.45) is -1.22. The maximum atomic E-state index is 12.1. The van der Waals surface area contributed by atoms with E-state index >= 15 is 0 Å². The number of thiophene rings is 1. The van der Waals surface area contributed by atoms with E-state index in [2.05, 4.69) is 0 Å². The molecule has 1 amide bonds. The van der Waals surface area contributed by atoms with Gasteiger partial charge in [0.25, 0.3) is 5.91 Å². The second kappa shape index (κ2) is 6.19. The predicted octanol–water partition coefficient (Wildman–Crippen LogP) is 3.09. The molecule has 0 spiro atoms. The van der Waals surface area contributed by atoms with Crippen molar-refractivity contribution in [1.29, 1.82) is 0 Å². The number of carbonyl (C=O) groups is 1. The fourth-order valence-electron chi connectivity index (χ4n) is 1.75. The lowest BCUT2D eigenvalue weighted by Crippen LogP contribution is -2.31. The first-order valence-electron chi connectivity index (χ1n) is 5.79. The third-order valence-electron chi connectivity index (χ3n) is 2.78. The molecule has 0 unspecified atom stereocenters. The van der Waals surface area contributed by atoms with Crippen LogP contribution in [0.25, 0.3) is 0 Å². The number of likely N-dealkylation sites (N-methyl/N-ethyl adjacent to an activating group) is 1. The molecule has 0 radical (unpaired) electrons. The van der Waals surface area contributed by atoms with Crippen molar-refractivity contribution in [3.8, 4) is 0 Å². The molecule has 1 aromatic carbocycles. The Morgan fingerprint density at radius 3 is 2.74 bits per heavy atom. The Bertz CT molecular complexity index is 556. The van der Waals surface area contributed by atoms with E-state index in [0.29, 0.717) is 17.1 Å². The average Bonchev–Trinajstić information content (AvgIpc) is 2.90. The molecule has 1 atom stereocenters. The quantitative estimate of drug-likeness (QED) is 0.941. The molecule has 0 bridgehead atoms. The number of nitrogens with zero attached hydrogens (tertiary/aromatic N) is 1. The molecule has 19 heavy (non-hydrogen) atoms. The zero-order valence-corrected chi connectivity index (χ0v) is 12.0. The minimum atomic E-state index is -1.22. The highest BCUT2D eigenvalue weighted by atomic mass is 35.5. The number of hydrogen-bond acceptors (Lipinski definition) is 3. The number of benzene rings is 1. The molecule has 5 heteroatoms. The topological polar surface area (TPSA) is 40.5 Å². The summed E-state index contributed by atoms with van der Waals surface area (Å²) in [5, 5.41) is 12.4. The van der Waals surface area contributed by atoms with E-state index < -0.39 is 6.10 Å². The van der Waals surface area contributed by atoms with Gasteiger partial charge in [-0.3, -0.25) is 4.79 Å². The summed E-state index contributed by atoms with van der Waals surface area (Å²) >= 11 is 7.56.